The second-order valence-corrected chi connectivity index (χ2v) is 17.3. The maximum Gasteiger partial charge on any atom is 0.150 e. The standard InChI is InChI=1S/C59H61N3O5/c1-5-9-33-64-48-25-29-56-52(37-48)53-38-49(65-34-10-6-2)26-30-57(53)61(56)46-21-17-44(18-22-46)60(43-15-13-42(41-63)14-16-43)45-19-23-47(24-20-45)62-58-31-27-50(66-35-11-7-3)39-54(58)55-40-51(28-32-59(55)62)67-36-12-8-4/h13-32,37-41H,5-12,33-36H2,1-4H3. The van der Waals surface area contributed by atoms with Crippen molar-refractivity contribution in [1.82, 2.24) is 9.13 Å². The lowest BCUT2D eigenvalue weighted by Gasteiger charge is -2.26. The Kier molecular flexibility index (Phi) is 14.1. The Hall–Kier alpha value is -7.19. The third-order valence-corrected chi connectivity index (χ3v) is 12.5. The number of ether oxygens (including phenoxy) is 4. The highest BCUT2D eigenvalue weighted by Crippen LogP contribution is 2.41. The Morgan fingerprint density at radius 1 is 0.388 bits per heavy atom. The largest absolute Gasteiger partial charge is 0.494 e. The Morgan fingerprint density at radius 3 is 0.940 bits per heavy atom. The molecule has 0 fully saturated rings. The van der Waals surface area contributed by atoms with Crippen LogP contribution < -0.4 is 23.8 Å². The fourth-order valence-electron chi connectivity index (χ4n) is 8.87. The minimum absolute atomic E-state index is 0.628. The van der Waals surface area contributed by atoms with Crippen LogP contribution in [0.2, 0.25) is 0 Å². The van der Waals surface area contributed by atoms with Crippen molar-refractivity contribution in [2.75, 3.05) is 31.3 Å². The molecule has 67 heavy (non-hydrogen) atoms. The molecule has 0 radical (unpaired) electrons. The summed E-state index contributed by atoms with van der Waals surface area (Å²) < 4.78 is 29.4. The van der Waals surface area contributed by atoms with Gasteiger partial charge in [0.1, 0.15) is 29.3 Å². The topological polar surface area (TPSA) is 67.1 Å². The number of fused-ring (bicyclic) bond motifs is 6. The molecule has 9 rings (SSSR count). The quantitative estimate of drug-likeness (QED) is 0.0499. The van der Waals surface area contributed by atoms with Gasteiger partial charge in [0, 0.05) is 55.5 Å². The van der Waals surface area contributed by atoms with Gasteiger partial charge in [0.2, 0.25) is 0 Å². The normalized spacial score (nSPS) is 11.5. The second-order valence-electron chi connectivity index (χ2n) is 17.3. The SMILES string of the molecule is CCCCOc1ccc2c(c1)c1cc(OCCCC)ccc1n2-c1ccc(N(c2ccc(C=O)cc2)c2ccc(-n3c4ccc(OCCCC)cc4c4cc(OCCCC)ccc43)cc2)cc1. The number of carbonyl (C=O) groups is 1. The van der Waals surface area contributed by atoms with E-state index in [1.54, 1.807) is 0 Å². The number of carbonyl (C=O) groups excluding carboxylic acids is 1. The zero-order valence-electron chi connectivity index (χ0n) is 39.3. The van der Waals surface area contributed by atoms with Gasteiger partial charge >= 0.3 is 0 Å². The van der Waals surface area contributed by atoms with E-state index in [1.165, 1.54) is 0 Å². The predicted molar refractivity (Wildman–Crippen MR) is 277 cm³/mol. The summed E-state index contributed by atoms with van der Waals surface area (Å²) in [6.07, 6.45) is 9.26. The molecule has 0 amide bonds. The number of unbranched alkanes of at least 4 members (excludes halogenated alkanes) is 4. The van der Waals surface area contributed by atoms with Crippen LogP contribution in [0.15, 0.2) is 146 Å². The molecule has 0 aliphatic rings. The van der Waals surface area contributed by atoms with Crippen LogP contribution in [0.4, 0.5) is 17.1 Å². The van der Waals surface area contributed by atoms with Crippen molar-refractivity contribution in [3.63, 3.8) is 0 Å². The van der Waals surface area contributed by atoms with E-state index in [4.69, 9.17) is 18.9 Å². The van der Waals surface area contributed by atoms with E-state index in [2.05, 4.69) is 163 Å². The van der Waals surface area contributed by atoms with E-state index >= 15 is 0 Å². The lowest BCUT2D eigenvalue weighted by molar-refractivity contribution is 0.112. The van der Waals surface area contributed by atoms with E-state index < -0.39 is 0 Å². The van der Waals surface area contributed by atoms with Crippen LogP contribution in [0.1, 0.15) is 89.4 Å². The highest BCUT2D eigenvalue weighted by atomic mass is 16.5. The first-order valence-electron chi connectivity index (χ1n) is 24.3. The number of benzene rings is 7. The van der Waals surface area contributed by atoms with Gasteiger partial charge < -0.3 is 33.0 Å². The van der Waals surface area contributed by atoms with E-state index in [0.29, 0.717) is 32.0 Å². The van der Waals surface area contributed by atoms with Crippen molar-refractivity contribution in [2.45, 2.75) is 79.1 Å². The lowest BCUT2D eigenvalue weighted by atomic mass is 10.1. The number of aldehydes is 1. The molecule has 0 saturated heterocycles. The van der Waals surface area contributed by atoms with Crippen molar-refractivity contribution in [2.24, 2.45) is 0 Å². The van der Waals surface area contributed by atoms with Gasteiger partial charge in [-0.15, -0.1) is 0 Å². The van der Waals surface area contributed by atoms with E-state index in [9.17, 15) is 4.79 Å². The molecule has 0 spiro atoms. The first kappa shape index (κ1) is 45.0. The monoisotopic (exact) mass is 891 g/mol. The molecule has 0 atom stereocenters. The van der Waals surface area contributed by atoms with Gasteiger partial charge in [-0.1, -0.05) is 53.4 Å². The summed E-state index contributed by atoms with van der Waals surface area (Å²) in [6.45, 7) is 11.5. The average Bonchev–Trinajstić information content (AvgIpc) is 3.86. The zero-order valence-corrected chi connectivity index (χ0v) is 39.3. The molecule has 2 heterocycles. The second kappa shape index (κ2) is 21.0. The van der Waals surface area contributed by atoms with Gasteiger partial charge in [-0.2, -0.15) is 0 Å². The van der Waals surface area contributed by atoms with Gasteiger partial charge in [0.15, 0.2) is 0 Å². The van der Waals surface area contributed by atoms with E-state index in [0.717, 1.165) is 153 Å². The van der Waals surface area contributed by atoms with Crippen molar-refractivity contribution in [3.05, 3.63) is 151 Å². The molecule has 0 N–H and O–H groups in total. The Morgan fingerprint density at radius 2 is 0.672 bits per heavy atom. The minimum atomic E-state index is 0.628. The van der Waals surface area contributed by atoms with Crippen molar-refractivity contribution in [3.8, 4) is 34.4 Å². The highest BCUT2D eigenvalue weighted by molar-refractivity contribution is 6.11. The third kappa shape index (κ3) is 9.57. The van der Waals surface area contributed by atoms with Crippen LogP contribution in [-0.4, -0.2) is 41.8 Å². The molecule has 8 nitrogen and oxygen atoms in total. The number of anilines is 3. The average molecular weight is 892 g/mol. The van der Waals surface area contributed by atoms with Crippen molar-refractivity contribution >= 4 is 67.0 Å². The minimum Gasteiger partial charge on any atom is -0.494 e. The van der Waals surface area contributed by atoms with Crippen molar-refractivity contribution < 1.29 is 23.7 Å². The maximum atomic E-state index is 11.8. The van der Waals surface area contributed by atoms with Crippen LogP contribution in [0.25, 0.3) is 55.0 Å². The molecular formula is C59H61N3O5. The Labute approximate surface area is 394 Å². The Balaban J connectivity index is 1.10. The molecule has 9 aromatic rings. The van der Waals surface area contributed by atoms with E-state index in [-0.39, 0.29) is 0 Å². The van der Waals surface area contributed by atoms with Crippen LogP contribution in [0.5, 0.6) is 23.0 Å². The number of hydrogen-bond acceptors (Lipinski definition) is 6. The molecule has 8 heteroatoms. The molecule has 7 aromatic carbocycles. The highest BCUT2D eigenvalue weighted by Gasteiger charge is 2.19. The fourth-order valence-corrected chi connectivity index (χ4v) is 8.87. The maximum absolute atomic E-state index is 11.8. The van der Waals surface area contributed by atoms with Gasteiger partial charge in [0.05, 0.1) is 48.5 Å². The molecule has 342 valence electrons. The number of hydrogen-bond donors (Lipinski definition) is 0. The summed E-state index contributed by atoms with van der Waals surface area (Å²) in [7, 11) is 0. The predicted octanol–water partition coefficient (Wildman–Crippen LogP) is 15.9. The molecule has 0 aliphatic carbocycles. The zero-order chi connectivity index (χ0) is 46.1. The molecule has 0 unspecified atom stereocenters. The van der Waals surface area contributed by atoms with Crippen LogP contribution in [0, 0.1) is 0 Å². The van der Waals surface area contributed by atoms with Gasteiger partial charge in [-0.25, -0.2) is 0 Å². The molecule has 2 aromatic heterocycles. The van der Waals surface area contributed by atoms with Gasteiger partial charge in [0.25, 0.3) is 0 Å². The number of nitrogens with zero attached hydrogens (tertiary/aromatic N) is 3. The first-order valence-corrected chi connectivity index (χ1v) is 24.3. The van der Waals surface area contributed by atoms with E-state index in [1.807, 2.05) is 24.3 Å². The smallest absolute Gasteiger partial charge is 0.150 e. The molecule has 0 bridgehead atoms. The summed E-state index contributed by atoms with van der Waals surface area (Å²) >= 11 is 0. The lowest BCUT2D eigenvalue weighted by Crippen LogP contribution is -2.10. The summed E-state index contributed by atoms with van der Waals surface area (Å²) in [5.41, 5.74) is 10.0. The fraction of sp³-hybridized carbons (Fsp3) is 0.271. The summed E-state index contributed by atoms with van der Waals surface area (Å²) in [6, 6.07) is 50.9. The summed E-state index contributed by atoms with van der Waals surface area (Å²) in [5, 5.41) is 4.48. The van der Waals surface area contributed by atoms with Crippen LogP contribution >= 0.6 is 0 Å². The van der Waals surface area contributed by atoms with Crippen molar-refractivity contribution in [1.29, 1.82) is 0 Å². The Bertz CT molecular complexity index is 2770. The summed E-state index contributed by atoms with van der Waals surface area (Å²) in [4.78, 5) is 14.0. The molecule has 0 saturated carbocycles. The molecule has 0 aliphatic heterocycles. The van der Waals surface area contributed by atoms with Gasteiger partial charge in [-0.3, -0.25) is 4.79 Å². The first-order chi connectivity index (χ1) is 33.0. The third-order valence-electron chi connectivity index (χ3n) is 12.5. The summed E-state index contributed by atoms with van der Waals surface area (Å²) in [5.74, 6) is 3.49. The molecular weight excluding hydrogens is 831 g/mol. The number of aromatic nitrogens is 2. The number of rotatable bonds is 22. The van der Waals surface area contributed by atoms with Crippen LogP contribution in [-0.2, 0) is 0 Å². The van der Waals surface area contributed by atoms with Crippen LogP contribution in [0.3, 0.4) is 0 Å². The van der Waals surface area contributed by atoms with Gasteiger partial charge in [-0.05, 0) is 171 Å².